The molecule has 0 spiro atoms. The van der Waals surface area contributed by atoms with Crippen LogP contribution in [0.3, 0.4) is 0 Å². The van der Waals surface area contributed by atoms with Crippen LogP contribution in [0.15, 0.2) is 45.5 Å². The van der Waals surface area contributed by atoms with Gasteiger partial charge in [0.25, 0.3) is 5.91 Å². The number of nitrogens with zero attached hydrogens (tertiary/aromatic N) is 2. The fraction of sp³-hybridized carbons (Fsp3) is 0.368. The maximum absolute atomic E-state index is 12.5. The van der Waals surface area contributed by atoms with Crippen LogP contribution >= 0.6 is 27.5 Å². The highest BCUT2D eigenvalue weighted by Crippen LogP contribution is 2.17. The van der Waals surface area contributed by atoms with E-state index in [1.165, 1.54) is 0 Å². The van der Waals surface area contributed by atoms with Crippen LogP contribution in [0.4, 0.5) is 0 Å². The van der Waals surface area contributed by atoms with Crippen LogP contribution in [0.1, 0.15) is 29.0 Å². The Labute approximate surface area is 166 Å². The Morgan fingerprint density at radius 2 is 1.69 bits per heavy atom. The summed E-state index contributed by atoms with van der Waals surface area (Å²) in [5.41, 5.74) is 1.10. The minimum absolute atomic E-state index is 0.120. The number of amides is 2. The average Bonchev–Trinajstić information content (AvgIpc) is 2.92. The molecule has 0 saturated carbocycles. The number of hydrogen-bond donors (Lipinski definition) is 0. The molecule has 1 saturated heterocycles. The van der Waals surface area contributed by atoms with E-state index in [4.69, 9.17) is 16.0 Å². The number of benzene rings is 1. The molecule has 1 aliphatic heterocycles. The van der Waals surface area contributed by atoms with Crippen LogP contribution in [0, 0.1) is 0 Å². The Morgan fingerprint density at radius 1 is 1.00 bits per heavy atom. The van der Waals surface area contributed by atoms with Gasteiger partial charge in [-0.2, -0.15) is 0 Å². The first kappa shape index (κ1) is 19.0. The van der Waals surface area contributed by atoms with E-state index in [9.17, 15) is 9.59 Å². The first-order valence-corrected chi connectivity index (χ1v) is 9.77. The monoisotopic (exact) mass is 438 g/mol. The van der Waals surface area contributed by atoms with Crippen molar-refractivity contribution in [2.75, 3.05) is 26.2 Å². The zero-order valence-corrected chi connectivity index (χ0v) is 16.6. The fourth-order valence-electron chi connectivity index (χ4n) is 3.02. The van der Waals surface area contributed by atoms with Gasteiger partial charge in [0, 0.05) is 37.6 Å². The summed E-state index contributed by atoms with van der Waals surface area (Å²) in [7, 11) is 0. The zero-order valence-electron chi connectivity index (χ0n) is 14.3. The number of aryl methyl sites for hydroxylation is 1. The Bertz CT molecular complexity index is 775. The van der Waals surface area contributed by atoms with E-state index in [1.807, 2.05) is 29.2 Å². The lowest BCUT2D eigenvalue weighted by Gasteiger charge is -2.21. The molecule has 1 aromatic heterocycles. The SMILES string of the molecule is O=C(CCc1ccc(Cl)cc1)N1CCCN(C(=O)c2ccc(Br)o2)CC1. The smallest absolute Gasteiger partial charge is 0.289 e. The fourth-order valence-corrected chi connectivity index (χ4v) is 3.45. The molecule has 138 valence electrons. The third kappa shape index (κ3) is 4.89. The van der Waals surface area contributed by atoms with Crippen molar-refractivity contribution in [3.05, 3.63) is 57.4 Å². The average molecular weight is 440 g/mol. The van der Waals surface area contributed by atoms with E-state index < -0.39 is 0 Å². The second kappa shape index (κ2) is 8.73. The van der Waals surface area contributed by atoms with Gasteiger partial charge in [-0.05, 0) is 58.6 Å². The van der Waals surface area contributed by atoms with Crippen molar-refractivity contribution in [2.24, 2.45) is 0 Å². The van der Waals surface area contributed by atoms with Gasteiger partial charge in [0.05, 0.1) is 0 Å². The lowest BCUT2D eigenvalue weighted by Crippen LogP contribution is -2.37. The van der Waals surface area contributed by atoms with Gasteiger partial charge in [0.1, 0.15) is 0 Å². The molecule has 0 atom stereocenters. The highest BCUT2D eigenvalue weighted by molar-refractivity contribution is 9.10. The number of halogens is 2. The van der Waals surface area contributed by atoms with E-state index in [1.54, 1.807) is 17.0 Å². The second-order valence-corrected chi connectivity index (χ2v) is 7.47. The van der Waals surface area contributed by atoms with Crippen LogP contribution in [0.25, 0.3) is 0 Å². The summed E-state index contributed by atoms with van der Waals surface area (Å²) in [6.45, 7) is 2.36. The van der Waals surface area contributed by atoms with Crippen LogP contribution < -0.4 is 0 Å². The minimum Gasteiger partial charge on any atom is -0.444 e. The van der Waals surface area contributed by atoms with E-state index in [2.05, 4.69) is 15.9 Å². The zero-order chi connectivity index (χ0) is 18.5. The number of furan rings is 1. The van der Waals surface area contributed by atoms with Crippen LogP contribution in [-0.2, 0) is 11.2 Å². The van der Waals surface area contributed by atoms with Gasteiger partial charge >= 0.3 is 0 Å². The van der Waals surface area contributed by atoms with Crippen molar-refractivity contribution in [2.45, 2.75) is 19.3 Å². The Kier molecular flexibility index (Phi) is 6.38. The number of carbonyl (C=O) groups excluding carboxylic acids is 2. The highest BCUT2D eigenvalue weighted by atomic mass is 79.9. The Hall–Kier alpha value is -1.79. The Balaban J connectivity index is 1.52. The van der Waals surface area contributed by atoms with Gasteiger partial charge in [-0.15, -0.1) is 0 Å². The van der Waals surface area contributed by atoms with Crippen molar-refractivity contribution in [3.63, 3.8) is 0 Å². The van der Waals surface area contributed by atoms with Gasteiger partial charge in [-0.3, -0.25) is 9.59 Å². The maximum Gasteiger partial charge on any atom is 0.289 e. The third-order valence-corrected chi connectivity index (χ3v) is 5.14. The van der Waals surface area contributed by atoms with Gasteiger partial charge < -0.3 is 14.2 Å². The normalized spacial score (nSPS) is 15.0. The minimum atomic E-state index is -0.133. The molecule has 1 fully saturated rings. The molecule has 2 heterocycles. The molecule has 0 radical (unpaired) electrons. The number of rotatable bonds is 4. The maximum atomic E-state index is 12.5. The lowest BCUT2D eigenvalue weighted by molar-refractivity contribution is -0.131. The first-order chi connectivity index (χ1) is 12.5. The van der Waals surface area contributed by atoms with Gasteiger partial charge in [0.15, 0.2) is 10.4 Å². The molecule has 1 aliphatic rings. The van der Waals surface area contributed by atoms with Gasteiger partial charge in [-0.1, -0.05) is 23.7 Å². The summed E-state index contributed by atoms with van der Waals surface area (Å²) in [4.78, 5) is 28.6. The lowest BCUT2D eigenvalue weighted by atomic mass is 10.1. The summed E-state index contributed by atoms with van der Waals surface area (Å²) in [6.07, 6.45) is 1.91. The molecular weight excluding hydrogens is 420 g/mol. The predicted octanol–water partition coefficient (Wildman–Crippen LogP) is 4.00. The highest BCUT2D eigenvalue weighted by Gasteiger charge is 2.24. The van der Waals surface area contributed by atoms with Crippen molar-refractivity contribution >= 4 is 39.3 Å². The quantitative estimate of drug-likeness (QED) is 0.723. The second-order valence-electron chi connectivity index (χ2n) is 6.26. The molecule has 0 unspecified atom stereocenters. The molecule has 7 heteroatoms. The van der Waals surface area contributed by atoms with Gasteiger partial charge in [0.2, 0.25) is 5.91 Å². The topological polar surface area (TPSA) is 53.8 Å². The first-order valence-electron chi connectivity index (χ1n) is 8.60. The molecule has 26 heavy (non-hydrogen) atoms. The summed E-state index contributed by atoms with van der Waals surface area (Å²) in [5, 5.41) is 0.695. The van der Waals surface area contributed by atoms with E-state index in [-0.39, 0.29) is 11.8 Å². The summed E-state index contributed by atoms with van der Waals surface area (Å²) in [6, 6.07) is 10.9. The van der Waals surface area contributed by atoms with E-state index >= 15 is 0 Å². The number of hydrogen-bond acceptors (Lipinski definition) is 3. The standard InChI is InChI=1S/C19H20BrClN2O3/c20-17-8-7-16(26-17)19(25)23-11-1-10-22(12-13-23)18(24)9-4-14-2-5-15(21)6-3-14/h2-3,5-8H,1,4,9-13H2. The Morgan fingerprint density at radius 3 is 2.38 bits per heavy atom. The molecule has 0 aliphatic carbocycles. The molecule has 2 aromatic rings. The largest absolute Gasteiger partial charge is 0.444 e. The molecular formula is C19H20BrClN2O3. The summed E-state index contributed by atoms with van der Waals surface area (Å²) < 4.78 is 5.88. The van der Waals surface area contributed by atoms with Crippen molar-refractivity contribution in [3.8, 4) is 0 Å². The van der Waals surface area contributed by atoms with E-state index in [0.29, 0.717) is 54.5 Å². The molecule has 0 N–H and O–H groups in total. The predicted molar refractivity (Wildman–Crippen MR) is 103 cm³/mol. The van der Waals surface area contributed by atoms with Crippen molar-refractivity contribution in [1.29, 1.82) is 0 Å². The van der Waals surface area contributed by atoms with Gasteiger partial charge in [-0.25, -0.2) is 0 Å². The van der Waals surface area contributed by atoms with E-state index in [0.717, 1.165) is 12.0 Å². The molecule has 1 aromatic carbocycles. The van der Waals surface area contributed by atoms with Crippen LogP contribution in [0.5, 0.6) is 0 Å². The molecule has 0 bridgehead atoms. The molecule has 3 rings (SSSR count). The van der Waals surface area contributed by atoms with Crippen molar-refractivity contribution < 1.29 is 14.0 Å². The molecule has 2 amide bonds. The molecule has 5 nitrogen and oxygen atoms in total. The summed E-state index contributed by atoms with van der Waals surface area (Å²) >= 11 is 9.09. The van der Waals surface area contributed by atoms with Crippen LogP contribution in [-0.4, -0.2) is 47.8 Å². The number of carbonyl (C=O) groups is 2. The van der Waals surface area contributed by atoms with Crippen LogP contribution in [0.2, 0.25) is 5.02 Å². The van der Waals surface area contributed by atoms with Crippen molar-refractivity contribution in [1.82, 2.24) is 9.80 Å². The summed E-state index contributed by atoms with van der Waals surface area (Å²) in [5.74, 6) is 0.306. The third-order valence-electron chi connectivity index (χ3n) is 4.46.